The number of aromatic nitrogens is 3. The Bertz CT molecular complexity index is 826. The normalized spacial score (nSPS) is 10.7. The summed E-state index contributed by atoms with van der Waals surface area (Å²) in [6.07, 6.45) is 5.09. The Kier molecular flexibility index (Phi) is 3.81. The summed E-state index contributed by atoms with van der Waals surface area (Å²) in [7, 11) is 1.74. The van der Waals surface area contributed by atoms with Crippen molar-refractivity contribution >= 4 is 27.5 Å². The molecule has 1 N–H and O–H groups in total. The topological polar surface area (TPSA) is 51.9 Å². The van der Waals surface area contributed by atoms with Crippen LogP contribution in [-0.4, -0.2) is 20.3 Å². The van der Waals surface area contributed by atoms with Crippen molar-refractivity contribution in [2.75, 3.05) is 5.32 Å². The molecule has 0 fully saturated rings. The number of hydrogen-bond donors (Lipinski definition) is 1. The molecule has 0 saturated heterocycles. The predicted octanol–water partition coefficient (Wildman–Crippen LogP) is 3.36. The number of carbonyl (C=O) groups is 1. The summed E-state index contributed by atoms with van der Waals surface area (Å²) in [4.78, 5) is 12.4. The molecule has 0 radical (unpaired) electrons. The standard InChI is InChI=1S/C15H12BrFN4O/c1-20-15(21-6-2-3-7-21)11(9-18-20)14(22)19-13-5-4-10(16)8-12(13)17/h2-9H,1H3,(H,19,22). The second-order valence-corrected chi connectivity index (χ2v) is 5.59. The van der Waals surface area contributed by atoms with Gasteiger partial charge in [0.25, 0.3) is 5.91 Å². The van der Waals surface area contributed by atoms with E-state index in [4.69, 9.17) is 0 Å². The lowest BCUT2D eigenvalue weighted by Gasteiger charge is -2.09. The van der Waals surface area contributed by atoms with Gasteiger partial charge in [-0.1, -0.05) is 15.9 Å². The van der Waals surface area contributed by atoms with E-state index in [1.54, 1.807) is 22.4 Å². The Morgan fingerprint density at radius 1 is 1.32 bits per heavy atom. The van der Waals surface area contributed by atoms with Crippen LogP contribution in [0.4, 0.5) is 10.1 Å². The summed E-state index contributed by atoms with van der Waals surface area (Å²) < 4.78 is 17.8. The Balaban J connectivity index is 1.93. The highest BCUT2D eigenvalue weighted by molar-refractivity contribution is 9.10. The van der Waals surface area contributed by atoms with Gasteiger partial charge in [-0.15, -0.1) is 0 Å². The van der Waals surface area contributed by atoms with E-state index in [1.165, 1.54) is 18.3 Å². The fourth-order valence-electron chi connectivity index (χ4n) is 2.15. The van der Waals surface area contributed by atoms with Crippen LogP contribution in [0.3, 0.4) is 0 Å². The van der Waals surface area contributed by atoms with Crippen LogP contribution in [0, 0.1) is 5.82 Å². The van der Waals surface area contributed by atoms with Gasteiger partial charge in [-0.05, 0) is 30.3 Å². The second-order valence-electron chi connectivity index (χ2n) is 4.67. The largest absolute Gasteiger partial charge is 0.319 e. The van der Waals surface area contributed by atoms with Crippen molar-refractivity contribution in [3.63, 3.8) is 0 Å². The molecule has 1 aromatic carbocycles. The Hall–Kier alpha value is -2.41. The summed E-state index contributed by atoms with van der Waals surface area (Å²) >= 11 is 3.18. The molecule has 1 amide bonds. The van der Waals surface area contributed by atoms with Crippen LogP contribution in [0.1, 0.15) is 10.4 Å². The first-order valence-corrected chi connectivity index (χ1v) is 7.27. The molecule has 2 heterocycles. The van der Waals surface area contributed by atoms with E-state index >= 15 is 0 Å². The Morgan fingerprint density at radius 2 is 2.05 bits per heavy atom. The third-order valence-electron chi connectivity index (χ3n) is 3.18. The second kappa shape index (κ2) is 5.76. The maximum atomic E-state index is 13.8. The van der Waals surface area contributed by atoms with Crippen molar-refractivity contribution in [3.05, 3.63) is 64.8 Å². The first-order valence-electron chi connectivity index (χ1n) is 6.48. The van der Waals surface area contributed by atoms with Gasteiger partial charge in [0.2, 0.25) is 0 Å². The van der Waals surface area contributed by atoms with E-state index in [-0.39, 0.29) is 5.69 Å². The Labute approximate surface area is 134 Å². The summed E-state index contributed by atoms with van der Waals surface area (Å²) in [5, 5.41) is 6.67. The highest BCUT2D eigenvalue weighted by Gasteiger charge is 2.18. The molecule has 3 rings (SSSR count). The number of nitrogens with zero attached hydrogens (tertiary/aromatic N) is 3. The quantitative estimate of drug-likeness (QED) is 0.776. The molecular formula is C15H12BrFN4O. The molecule has 2 aromatic heterocycles. The van der Waals surface area contributed by atoms with E-state index in [2.05, 4.69) is 26.3 Å². The molecule has 5 nitrogen and oxygen atoms in total. The van der Waals surface area contributed by atoms with Gasteiger partial charge in [0, 0.05) is 23.9 Å². The number of benzene rings is 1. The molecule has 0 atom stereocenters. The van der Waals surface area contributed by atoms with Crippen LogP contribution in [0.15, 0.2) is 53.4 Å². The van der Waals surface area contributed by atoms with Crippen molar-refractivity contribution in [1.82, 2.24) is 14.3 Å². The van der Waals surface area contributed by atoms with Gasteiger partial charge in [0.05, 0.1) is 11.9 Å². The highest BCUT2D eigenvalue weighted by Crippen LogP contribution is 2.21. The zero-order valence-corrected chi connectivity index (χ0v) is 13.2. The molecule has 3 aromatic rings. The minimum absolute atomic E-state index is 0.121. The third kappa shape index (κ3) is 2.67. The van der Waals surface area contributed by atoms with Gasteiger partial charge in [-0.25, -0.2) is 4.39 Å². The number of aryl methyl sites for hydroxylation is 1. The average Bonchev–Trinajstić information content (AvgIpc) is 3.10. The maximum absolute atomic E-state index is 13.8. The summed E-state index contributed by atoms with van der Waals surface area (Å²) in [5.41, 5.74) is 0.483. The molecule has 0 aliphatic heterocycles. The predicted molar refractivity (Wildman–Crippen MR) is 84.6 cm³/mol. The molecule has 0 spiro atoms. The lowest BCUT2D eigenvalue weighted by molar-refractivity contribution is 0.102. The number of amides is 1. The average molecular weight is 363 g/mol. The zero-order valence-electron chi connectivity index (χ0n) is 11.6. The number of hydrogen-bond acceptors (Lipinski definition) is 2. The maximum Gasteiger partial charge on any atom is 0.261 e. The molecule has 0 bridgehead atoms. The number of carbonyl (C=O) groups excluding carboxylic acids is 1. The van der Waals surface area contributed by atoms with Gasteiger partial charge >= 0.3 is 0 Å². The van der Waals surface area contributed by atoms with Crippen LogP contribution in [0.2, 0.25) is 0 Å². The van der Waals surface area contributed by atoms with E-state index in [1.807, 2.05) is 24.5 Å². The Morgan fingerprint density at radius 3 is 2.73 bits per heavy atom. The van der Waals surface area contributed by atoms with Crippen molar-refractivity contribution in [3.8, 4) is 5.82 Å². The molecule has 0 unspecified atom stereocenters. The van der Waals surface area contributed by atoms with Gasteiger partial charge in [-0.3, -0.25) is 9.48 Å². The SMILES string of the molecule is Cn1ncc(C(=O)Nc2ccc(Br)cc2F)c1-n1cccc1. The summed E-state index contributed by atoms with van der Waals surface area (Å²) in [5.74, 6) is -0.313. The monoisotopic (exact) mass is 362 g/mol. The van der Waals surface area contributed by atoms with Crippen molar-refractivity contribution in [2.24, 2.45) is 7.05 Å². The van der Waals surface area contributed by atoms with Crippen molar-refractivity contribution < 1.29 is 9.18 Å². The zero-order chi connectivity index (χ0) is 15.7. The van der Waals surface area contributed by atoms with Crippen molar-refractivity contribution in [1.29, 1.82) is 0 Å². The van der Waals surface area contributed by atoms with Crippen LogP contribution >= 0.6 is 15.9 Å². The lowest BCUT2D eigenvalue weighted by atomic mass is 10.2. The third-order valence-corrected chi connectivity index (χ3v) is 3.67. The first-order chi connectivity index (χ1) is 10.6. The smallest absolute Gasteiger partial charge is 0.261 e. The van der Waals surface area contributed by atoms with E-state index in [0.29, 0.717) is 15.9 Å². The van der Waals surface area contributed by atoms with Gasteiger partial charge in [0.15, 0.2) is 0 Å². The minimum Gasteiger partial charge on any atom is -0.319 e. The van der Waals surface area contributed by atoms with Crippen LogP contribution in [-0.2, 0) is 7.05 Å². The van der Waals surface area contributed by atoms with Crippen molar-refractivity contribution in [2.45, 2.75) is 0 Å². The molecule has 112 valence electrons. The number of halogens is 2. The van der Waals surface area contributed by atoms with Crippen LogP contribution in [0.25, 0.3) is 5.82 Å². The van der Waals surface area contributed by atoms with Crippen LogP contribution in [0.5, 0.6) is 0 Å². The summed E-state index contributed by atoms with van der Waals surface area (Å²) in [6.45, 7) is 0. The van der Waals surface area contributed by atoms with E-state index < -0.39 is 11.7 Å². The summed E-state index contributed by atoms with van der Waals surface area (Å²) in [6, 6.07) is 8.16. The highest BCUT2D eigenvalue weighted by atomic mass is 79.9. The molecule has 22 heavy (non-hydrogen) atoms. The first kappa shape index (κ1) is 14.5. The molecule has 0 aliphatic rings. The number of nitrogens with one attached hydrogen (secondary N) is 1. The van der Waals surface area contributed by atoms with Gasteiger partial charge in [-0.2, -0.15) is 5.10 Å². The fourth-order valence-corrected chi connectivity index (χ4v) is 2.49. The number of anilines is 1. The molecule has 7 heteroatoms. The van der Waals surface area contributed by atoms with Gasteiger partial charge < -0.3 is 9.88 Å². The molecular weight excluding hydrogens is 351 g/mol. The van der Waals surface area contributed by atoms with Gasteiger partial charge in [0.1, 0.15) is 17.2 Å². The molecule has 0 saturated carbocycles. The fraction of sp³-hybridized carbons (Fsp3) is 0.0667. The lowest BCUT2D eigenvalue weighted by Crippen LogP contribution is -2.15. The van der Waals surface area contributed by atoms with E-state index in [0.717, 1.165) is 0 Å². The minimum atomic E-state index is -0.505. The molecule has 0 aliphatic carbocycles. The number of rotatable bonds is 3. The van der Waals surface area contributed by atoms with E-state index in [9.17, 15) is 9.18 Å². The van der Waals surface area contributed by atoms with Crippen LogP contribution < -0.4 is 5.32 Å².